The minimum Gasteiger partial charge on any atom is -0.382 e. The average molecular weight is 339 g/mol. The van der Waals surface area contributed by atoms with Crippen molar-refractivity contribution in [3.05, 3.63) is 29.8 Å². The van der Waals surface area contributed by atoms with Crippen LogP contribution in [0.15, 0.2) is 29.2 Å². The molecule has 0 fully saturated rings. The Morgan fingerprint density at radius 3 is 2.27 bits per heavy atom. The molecule has 1 unspecified atom stereocenters. The van der Waals surface area contributed by atoms with E-state index in [1.807, 2.05) is 6.92 Å². The van der Waals surface area contributed by atoms with Crippen LogP contribution < -0.4 is 0 Å². The molecule has 0 heterocycles. The number of aliphatic hydroxyl groups excluding tert-OH is 1. The number of likely N-dealkylation sites (N-methyl/N-ethyl adjacent to an activating group) is 1. The molecule has 0 radical (unpaired) electrons. The van der Waals surface area contributed by atoms with E-state index in [9.17, 15) is 21.6 Å². The lowest BCUT2D eigenvalue weighted by atomic mass is 10.2. The van der Waals surface area contributed by atoms with Crippen LogP contribution >= 0.6 is 0 Å². The van der Waals surface area contributed by atoms with Gasteiger partial charge in [-0.1, -0.05) is 17.7 Å². The smallest absolute Gasteiger partial charge is 0.382 e. The summed E-state index contributed by atoms with van der Waals surface area (Å²) in [4.78, 5) is 1.47. The fraction of sp³-hybridized carbons (Fsp3) is 0.571. The fourth-order valence-electron chi connectivity index (χ4n) is 1.88. The highest BCUT2D eigenvalue weighted by molar-refractivity contribution is 7.91. The van der Waals surface area contributed by atoms with Crippen molar-refractivity contribution in [3.8, 4) is 0 Å². The Labute approximate surface area is 128 Å². The van der Waals surface area contributed by atoms with Crippen molar-refractivity contribution in [3.63, 3.8) is 0 Å². The lowest BCUT2D eigenvalue weighted by Crippen LogP contribution is -2.39. The summed E-state index contributed by atoms with van der Waals surface area (Å²) in [7, 11) is -2.03. The van der Waals surface area contributed by atoms with Crippen LogP contribution in [-0.2, 0) is 9.84 Å². The normalized spacial score (nSPS) is 14.3. The first-order valence-electron chi connectivity index (χ1n) is 6.75. The number of benzene rings is 1. The number of rotatable bonds is 7. The van der Waals surface area contributed by atoms with Gasteiger partial charge in [0.25, 0.3) is 0 Å². The lowest BCUT2D eigenvalue weighted by Gasteiger charge is -2.22. The standard InChI is InChI=1S/C14H20F3NO3S/c1-11-4-6-12(7-5-11)22(20,21)9-3-8-18(2)10-13(19)14(15,16)17/h4-7,13,19H,3,8-10H2,1-2H3. The number of halogens is 3. The predicted octanol–water partition coefficient (Wildman–Crippen LogP) is 2.01. The molecule has 0 aromatic heterocycles. The number of aliphatic hydroxyl groups is 1. The third-order valence-electron chi connectivity index (χ3n) is 3.20. The first kappa shape index (κ1) is 18.9. The van der Waals surface area contributed by atoms with E-state index in [0.29, 0.717) is 0 Å². The Morgan fingerprint density at radius 1 is 1.23 bits per heavy atom. The molecule has 1 rings (SSSR count). The van der Waals surface area contributed by atoms with Gasteiger partial charge in [-0.05, 0) is 39.1 Å². The average Bonchev–Trinajstić information content (AvgIpc) is 2.37. The highest BCUT2D eigenvalue weighted by atomic mass is 32.2. The molecular formula is C14H20F3NO3S. The molecule has 22 heavy (non-hydrogen) atoms. The van der Waals surface area contributed by atoms with Crippen molar-refractivity contribution in [2.75, 3.05) is 25.9 Å². The number of hydrogen-bond acceptors (Lipinski definition) is 4. The van der Waals surface area contributed by atoms with Gasteiger partial charge in [0.05, 0.1) is 10.6 Å². The van der Waals surface area contributed by atoms with E-state index in [1.54, 1.807) is 12.1 Å². The Kier molecular flexibility index (Phi) is 6.39. The summed E-state index contributed by atoms with van der Waals surface area (Å²) < 4.78 is 60.7. The molecule has 8 heteroatoms. The van der Waals surface area contributed by atoms with Gasteiger partial charge >= 0.3 is 6.18 Å². The summed E-state index contributed by atoms with van der Waals surface area (Å²) in [5.41, 5.74) is 0.944. The van der Waals surface area contributed by atoms with E-state index < -0.39 is 28.7 Å². The van der Waals surface area contributed by atoms with Crippen molar-refractivity contribution in [1.82, 2.24) is 4.90 Å². The number of alkyl halides is 3. The first-order valence-corrected chi connectivity index (χ1v) is 8.40. The summed E-state index contributed by atoms with van der Waals surface area (Å²) in [6.45, 7) is 1.42. The highest BCUT2D eigenvalue weighted by Crippen LogP contribution is 2.20. The SMILES string of the molecule is Cc1ccc(S(=O)(=O)CCCN(C)CC(O)C(F)(F)F)cc1. The lowest BCUT2D eigenvalue weighted by molar-refractivity contribution is -0.207. The zero-order chi connectivity index (χ0) is 17.0. The molecule has 0 aliphatic heterocycles. The number of sulfone groups is 1. The summed E-state index contributed by atoms with van der Waals surface area (Å²) in [5, 5.41) is 8.93. The molecule has 1 N–H and O–H groups in total. The van der Waals surface area contributed by atoms with Gasteiger partial charge in [-0.25, -0.2) is 8.42 Å². The highest BCUT2D eigenvalue weighted by Gasteiger charge is 2.38. The van der Waals surface area contributed by atoms with E-state index in [0.717, 1.165) is 5.56 Å². The third-order valence-corrected chi connectivity index (χ3v) is 5.01. The van der Waals surface area contributed by atoms with E-state index in [2.05, 4.69) is 0 Å². The van der Waals surface area contributed by atoms with Gasteiger partial charge in [0.1, 0.15) is 0 Å². The van der Waals surface area contributed by atoms with Gasteiger partial charge in [-0.2, -0.15) is 13.2 Å². The Morgan fingerprint density at radius 2 is 1.77 bits per heavy atom. The predicted molar refractivity (Wildman–Crippen MR) is 77.4 cm³/mol. The summed E-state index contributed by atoms with van der Waals surface area (Å²) >= 11 is 0. The summed E-state index contributed by atoms with van der Waals surface area (Å²) in [6, 6.07) is 6.42. The molecule has 0 aliphatic carbocycles. The van der Waals surface area contributed by atoms with E-state index in [1.165, 1.54) is 24.1 Å². The van der Waals surface area contributed by atoms with Crippen molar-refractivity contribution in [2.45, 2.75) is 30.5 Å². The quantitative estimate of drug-likeness (QED) is 0.826. The minimum atomic E-state index is -4.66. The number of aryl methyl sites for hydroxylation is 1. The van der Waals surface area contributed by atoms with Crippen molar-refractivity contribution >= 4 is 9.84 Å². The van der Waals surface area contributed by atoms with E-state index >= 15 is 0 Å². The maximum absolute atomic E-state index is 12.2. The van der Waals surface area contributed by atoms with E-state index in [-0.39, 0.29) is 23.6 Å². The van der Waals surface area contributed by atoms with E-state index in [4.69, 9.17) is 5.11 Å². The van der Waals surface area contributed by atoms with Gasteiger partial charge in [-0.3, -0.25) is 0 Å². The summed E-state index contributed by atoms with van der Waals surface area (Å²) in [5.74, 6) is -0.150. The zero-order valence-corrected chi connectivity index (χ0v) is 13.3. The second-order valence-electron chi connectivity index (χ2n) is 5.31. The van der Waals surface area contributed by atoms with Crippen LogP contribution in [-0.4, -0.2) is 56.6 Å². The molecule has 1 aromatic rings. The van der Waals surface area contributed by atoms with Crippen LogP contribution in [0.1, 0.15) is 12.0 Å². The van der Waals surface area contributed by atoms with Gasteiger partial charge in [0.15, 0.2) is 15.9 Å². The maximum atomic E-state index is 12.2. The zero-order valence-electron chi connectivity index (χ0n) is 12.5. The van der Waals surface area contributed by atoms with Crippen LogP contribution in [0, 0.1) is 6.92 Å². The molecule has 0 saturated heterocycles. The molecule has 4 nitrogen and oxygen atoms in total. The van der Waals surface area contributed by atoms with Crippen LogP contribution in [0.2, 0.25) is 0 Å². The molecule has 0 aliphatic rings. The molecule has 1 aromatic carbocycles. The van der Waals surface area contributed by atoms with Crippen LogP contribution in [0.25, 0.3) is 0 Å². The number of nitrogens with zero attached hydrogens (tertiary/aromatic N) is 1. The molecule has 1 atom stereocenters. The van der Waals surface area contributed by atoms with Gasteiger partial charge in [-0.15, -0.1) is 0 Å². The molecule has 0 amide bonds. The molecular weight excluding hydrogens is 319 g/mol. The second kappa shape index (κ2) is 7.43. The fourth-order valence-corrected chi connectivity index (χ4v) is 3.17. The molecule has 0 spiro atoms. The second-order valence-corrected chi connectivity index (χ2v) is 7.41. The Balaban J connectivity index is 2.48. The van der Waals surface area contributed by atoms with Crippen LogP contribution in [0.3, 0.4) is 0 Å². The van der Waals surface area contributed by atoms with Gasteiger partial charge in [0, 0.05) is 6.54 Å². The largest absolute Gasteiger partial charge is 0.415 e. The van der Waals surface area contributed by atoms with Crippen molar-refractivity contribution in [1.29, 1.82) is 0 Å². The van der Waals surface area contributed by atoms with Crippen LogP contribution in [0.5, 0.6) is 0 Å². The van der Waals surface area contributed by atoms with Gasteiger partial charge < -0.3 is 10.0 Å². The number of hydrogen-bond donors (Lipinski definition) is 1. The van der Waals surface area contributed by atoms with Crippen LogP contribution in [0.4, 0.5) is 13.2 Å². The first-order chi connectivity index (χ1) is 10.0. The maximum Gasteiger partial charge on any atom is 0.415 e. The van der Waals surface area contributed by atoms with Gasteiger partial charge in [0.2, 0.25) is 0 Å². The Hall–Kier alpha value is -1.12. The minimum absolute atomic E-state index is 0.150. The molecule has 126 valence electrons. The molecule has 0 saturated carbocycles. The van der Waals surface area contributed by atoms with Crippen molar-refractivity contribution < 1.29 is 26.7 Å². The Bertz CT molecular complexity index is 570. The summed E-state index contributed by atoms with van der Waals surface area (Å²) in [6.07, 6.45) is -6.90. The topological polar surface area (TPSA) is 57.6 Å². The van der Waals surface area contributed by atoms with Crippen molar-refractivity contribution in [2.24, 2.45) is 0 Å². The molecule has 0 bridgehead atoms. The monoisotopic (exact) mass is 339 g/mol. The third kappa shape index (κ3) is 5.94.